The van der Waals surface area contributed by atoms with Crippen molar-refractivity contribution in [3.63, 3.8) is 0 Å². The van der Waals surface area contributed by atoms with Crippen LogP contribution >= 0.6 is 0 Å². The van der Waals surface area contributed by atoms with Gasteiger partial charge in [0.2, 0.25) is 0 Å². The maximum atomic E-state index is 3.21. The summed E-state index contributed by atoms with van der Waals surface area (Å²) in [6.07, 6.45) is 9.65. The molecular formula is C7H9F2Hf-3. The van der Waals surface area contributed by atoms with Crippen molar-refractivity contribution in [3.8, 4) is 0 Å². The van der Waals surface area contributed by atoms with E-state index in [0.717, 1.165) is 12.8 Å². The Morgan fingerprint density at radius 1 is 1.50 bits per heavy atom. The Bertz CT molecular complexity index is 119. The Labute approximate surface area is 78.9 Å². The van der Waals surface area contributed by atoms with Gasteiger partial charge in [-0.3, -0.25) is 6.08 Å². The van der Waals surface area contributed by atoms with E-state index in [0.29, 0.717) is 0 Å². The molecule has 0 aromatic carbocycles. The molecule has 0 nitrogen and oxygen atoms in total. The van der Waals surface area contributed by atoms with E-state index >= 15 is 0 Å². The van der Waals surface area contributed by atoms with Crippen LogP contribution in [0.5, 0.6) is 0 Å². The molecule has 0 atom stereocenters. The third-order valence-corrected chi connectivity index (χ3v) is 1.15. The Kier molecular flexibility index (Phi) is 15.3. The van der Waals surface area contributed by atoms with Crippen molar-refractivity contribution in [3.05, 3.63) is 23.8 Å². The van der Waals surface area contributed by atoms with Crippen LogP contribution in [0.1, 0.15) is 19.8 Å². The summed E-state index contributed by atoms with van der Waals surface area (Å²) in [5.74, 6) is 0. The van der Waals surface area contributed by atoms with Gasteiger partial charge in [0.1, 0.15) is 0 Å². The average molecular weight is 310 g/mol. The number of hydrogen-bond acceptors (Lipinski definition) is 0. The quantitative estimate of drug-likeness (QED) is 0.343. The zero-order valence-electron chi connectivity index (χ0n) is 5.82. The molecule has 0 fully saturated rings. The van der Waals surface area contributed by atoms with Crippen molar-refractivity contribution < 1.29 is 35.3 Å². The second-order valence-electron chi connectivity index (χ2n) is 1.66. The zero-order valence-corrected chi connectivity index (χ0v) is 9.42. The van der Waals surface area contributed by atoms with Crippen LogP contribution in [-0.4, -0.2) is 0 Å². The summed E-state index contributed by atoms with van der Waals surface area (Å²) in [6.45, 7) is 2.15. The van der Waals surface area contributed by atoms with Crippen molar-refractivity contribution >= 4 is 0 Å². The molecule has 0 aromatic heterocycles. The van der Waals surface area contributed by atoms with Crippen LogP contribution in [0.3, 0.4) is 0 Å². The van der Waals surface area contributed by atoms with Crippen LogP contribution in [0.25, 0.3) is 0 Å². The van der Waals surface area contributed by atoms with Crippen molar-refractivity contribution in [2.75, 3.05) is 0 Å². The molecule has 0 amide bonds. The van der Waals surface area contributed by atoms with Gasteiger partial charge in [-0.2, -0.15) is 6.08 Å². The maximum Gasteiger partial charge on any atom is 0 e. The van der Waals surface area contributed by atoms with E-state index in [4.69, 9.17) is 0 Å². The standard InChI is InChI=1S/C7H9.2FH.Hf/c1-2-7-5-3-4-6-7;;;/h3,5H,2,4H2,1H3;2*1H;/q-1;;;/p-2. The number of halogens is 2. The van der Waals surface area contributed by atoms with Crippen LogP contribution in [0.2, 0.25) is 0 Å². The van der Waals surface area contributed by atoms with Gasteiger partial charge in [0, 0.05) is 25.8 Å². The molecule has 0 bridgehead atoms. The molecule has 10 heavy (non-hydrogen) atoms. The molecule has 0 unspecified atom stereocenters. The fourth-order valence-corrected chi connectivity index (χ4v) is 0.693. The topological polar surface area (TPSA) is 0 Å². The van der Waals surface area contributed by atoms with Crippen molar-refractivity contribution in [1.29, 1.82) is 0 Å². The molecule has 58 valence electrons. The summed E-state index contributed by atoms with van der Waals surface area (Å²) < 4.78 is 0. The summed E-state index contributed by atoms with van der Waals surface area (Å²) in [6, 6.07) is 0. The Balaban J connectivity index is -0.000000163. The van der Waals surface area contributed by atoms with Gasteiger partial charge in [-0.1, -0.05) is 13.3 Å². The summed E-state index contributed by atoms with van der Waals surface area (Å²) in [5, 5.41) is 0. The van der Waals surface area contributed by atoms with E-state index in [9.17, 15) is 0 Å². The molecule has 1 aliphatic rings. The predicted molar refractivity (Wildman–Crippen MR) is 30.8 cm³/mol. The van der Waals surface area contributed by atoms with Crippen LogP contribution in [0.4, 0.5) is 0 Å². The summed E-state index contributed by atoms with van der Waals surface area (Å²) in [4.78, 5) is 0. The number of hydrogen-bond donors (Lipinski definition) is 0. The Morgan fingerprint density at radius 2 is 2.10 bits per heavy atom. The average Bonchev–Trinajstić information content (AvgIpc) is 2.14. The van der Waals surface area contributed by atoms with E-state index in [2.05, 4.69) is 25.2 Å². The van der Waals surface area contributed by atoms with Gasteiger partial charge in [-0.05, 0) is 0 Å². The van der Waals surface area contributed by atoms with Gasteiger partial charge in [0.25, 0.3) is 0 Å². The first-order valence-corrected chi connectivity index (χ1v) is 2.69. The molecule has 3 heteroatoms. The maximum absolute atomic E-state index is 3.21. The fourth-order valence-electron chi connectivity index (χ4n) is 0.693. The Morgan fingerprint density at radius 3 is 2.30 bits per heavy atom. The summed E-state index contributed by atoms with van der Waals surface area (Å²) in [5.41, 5.74) is 1.36. The molecule has 0 radical (unpaired) electrons. The first kappa shape index (κ1) is 16.7. The second-order valence-corrected chi connectivity index (χ2v) is 1.66. The summed E-state index contributed by atoms with van der Waals surface area (Å²) >= 11 is 0. The first-order valence-electron chi connectivity index (χ1n) is 2.69. The van der Waals surface area contributed by atoms with Gasteiger partial charge in [-0.15, -0.1) is 6.42 Å². The zero-order chi connectivity index (χ0) is 5.11. The largest absolute Gasteiger partial charge is 1.00 e. The molecule has 0 saturated heterocycles. The third kappa shape index (κ3) is 5.03. The minimum atomic E-state index is 0. The van der Waals surface area contributed by atoms with Crippen molar-refractivity contribution in [2.24, 2.45) is 0 Å². The van der Waals surface area contributed by atoms with E-state index in [-0.39, 0.29) is 35.3 Å². The smallest absolute Gasteiger partial charge is 0 e. The SMILES string of the molecule is CCC1=[C-]CC=C1.[F-].[F-].[Hf]. The molecule has 0 aliphatic heterocycles. The molecule has 0 N–H and O–H groups in total. The van der Waals surface area contributed by atoms with Gasteiger partial charge in [0.15, 0.2) is 0 Å². The second kappa shape index (κ2) is 9.21. The minimum Gasteiger partial charge on any atom is -1.00 e. The van der Waals surface area contributed by atoms with E-state index in [1.807, 2.05) is 0 Å². The fraction of sp³-hybridized carbons (Fsp3) is 0.429. The third-order valence-electron chi connectivity index (χ3n) is 1.15. The monoisotopic (exact) mass is 311 g/mol. The van der Waals surface area contributed by atoms with E-state index in [1.165, 1.54) is 5.57 Å². The Hall–Kier alpha value is 0.210. The first-order chi connectivity index (χ1) is 3.43. The molecule has 0 aromatic rings. The van der Waals surface area contributed by atoms with Gasteiger partial charge >= 0.3 is 0 Å². The van der Waals surface area contributed by atoms with E-state index < -0.39 is 0 Å². The number of rotatable bonds is 1. The normalized spacial score (nSPS) is 12.3. The molecular weight excluding hydrogens is 301 g/mol. The van der Waals surface area contributed by atoms with Crippen LogP contribution in [-0.2, 0) is 25.8 Å². The molecule has 0 heterocycles. The van der Waals surface area contributed by atoms with Crippen LogP contribution < -0.4 is 9.41 Å². The van der Waals surface area contributed by atoms with Gasteiger partial charge < -0.3 is 9.41 Å². The minimum absolute atomic E-state index is 0. The predicted octanol–water partition coefficient (Wildman–Crippen LogP) is -3.91. The summed E-state index contributed by atoms with van der Waals surface area (Å²) in [7, 11) is 0. The van der Waals surface area contributed by atoms with Gasteiger partial charge in [-0.25, -0.2) is 11.6 Å². The molecule has 1 aliphatic carbocycles. The van der Waals surface area contributed by atoms with Crippen molar-refractivity contribution in [1.82, 2.24) is 0 Å². The molecule has 0 saturated carbocycles. The van der Waals surface area contributed by atoms with Crippen LogP contribution in [0, 0.1) is 6.08 Å². The number of allylic oxidation sites excluding steroid dienone is 4. The molecule has 1 rings (SSSR count). The van der Waals surface area contributed by atoms with E-state index in [1.54, 1.807) is 0 Å². The van der Waals surface area contributed by atoms with Crippen LogP contribution in [0.15, 0.2) is 17.7 Å². The molecule has 0 spiro atoms. The van der Waals surface area contributed by atoms with Crippen molar-refractivity contribution in [2.45, 2.75) is 19.8 Å². The van der Waals surface area contributed by atoms with Gasteiger partial charge in [0.05, 0.1) is 0 Å².